The summed E-state index contributed by atoms with van der Waals surface area (Å²) in [6.45, 7) is 1.04. The van der Waals surface area contributed by atoms with Gasteiger partial charge in [-0.2, -0.15) is 0 Å². The van der Waals surface area contributed by atoms with Gasteiger partial charge in [-0.05, 0) is 86.1 Å². The second kappa shape index (κ2) is 11.9. The molecule has 0 bridgehead atoms. The number of pyridine rings is 1. The van der Waals surface area contributed by atoms with Gasteiger partial charge >= 0.3 is 5.76 Å². The summed E-state index contributed by atoms with van der Waals surface area (Å²) in [5, 5.41) is 4.00. The van der Waals surface area contributed by atoms with Crippen molar-refractivity contribution in [3.05, 3.63) is 116 Å². The molecule has 244 valence electrons. The second-order valence-electron chi connectivity index (χ2n) is 12.3. The van der Waals surface area contributed by atoms with E-state index in [-0.39, 0.29) is 29.5 Å². The van der Waals surface area contributed by atoms with E-state index in [2.05, 4.69) is 10.1 Å². The number of aryl methyl sites for hydroxylation is 2. The maximum absolute atomic E-state index is 14.1. The van der Waals surface area contributed by atoms with Crippen molar-refractivity contribution in [2.24, 2.45) is 0 Å². The van der Waals surface area contributed by atoms with Gasteiger partial charge in [0.2, 0.25) is 0 Å². The molecular formula is C35H28F3N5O4S. The van der Waals surface area contributed by atoms with Crippen LogP contribution in [-0.2, 0) is 12.8 Å². The Morgan fingerprint density at radius 1 is 0.896 bits per heavy atom. The number of carbonyl (C=O) groups is 2. The van der Waals surface area contributed by atoms with Gasteiger partial charge in [0.25, 0.3) is 11.8 Å². The summed E-state index contributed by atoms with van der Waals surface area (Å²) in [6.07, 6.45) is 3.81. The zero-order valence-corrected chi connectivity index (χ0v) is 26.3. The van der Waals surface area contributed by atoms with Gasteiger partial charge in [0.05, 0.1) is 39.5 Å². The normalized spacial score (nSPS) is 18.5. The van der Waals surface area contributed by atoms with E-state index in [1.807, 2.05) is 4.90 Å². The van der Waals surface area contributed by atoms with E-state index in [0.717, 1.165) is 30.5 Å². The number of hydrogen-bond donors (Lipinski definition) is 1. The number of fused-ring (bicyclic) bond motifs is 3. The van der Waals surface area contributed by atoms with Crippen molar-refractivity contribution in [2.45, 2.75) is 50.6 Å². The predicted molar refractivity (Wildman–Crippen MR) is 170 cm³/mol. The van der Waals surface area contributed by atoms with E-state index in [0.29, 0.717) is 82.2 Å². The van der Waals surface area contributed by atoms with Crippen LogP contribution in [0, 0.1) is 17.5 Å². The summed E-state index contributed by atoms with van der Waals surface area (Å²) < 4.78 is 46.3. The van der Waals surface area contributed by atoms with Gasteiger partial charge in [-0.3, -0.25) is 24.1 Å². The van der Waals surface area contributed by atoms with Gasteiger partial charge in [0.1, 0.15) is 5.82 Å². The molecule has 2 atom stereocenters. The Kier molecular flexibility index (Phi) is 7.50. The fourth-order valence-electron chi connectivity index (χ4n) is 7.29. The number of rotatable bonds is 7. The van der Waals surface area contributed by atoms with Gasteiger partial charge in [0, 0.05) is 23.5 Å². The highest BCUT2D eigenvalue weighted by Gasteiger charge is 2.45. The van der Waals surface area contributed by atoms with Crippen molar-refractivity contribution in [3.8, 4) is 21.8 Å². The average molecular weight is 672 g/mol. The molecule has 2 amide bonds. The quantitative estimate of drug-likeness (QED) is 0.208. The third-order valence-corrected chi connectivity index (χ3v) is 10.6. The second-order valence-corrected chi connectivity index (χ2v) is 13.4. The van der Waals surface area contributed by atoms with E-state index >= 15 is 0 Å². The van der Waals surface area contributed by atoms with Crippen LogP contribution in [0.3, 0.4) is 0 Å². The lowest BCUT2D eigenvalue weighted by atomic mass is 9.93. The van der Waals surface area contributed by atoms with E-state index in [1.165, 1.54) is 29.5 Å². The highest BCUT2D eigenvalue weighted by Crippen LogP contribution is 2.49. The van der Waals surface area contributed by atoms with E-state index in [1.54, 1.807) is 29.2 Å². The van der Waals surface area contributed by atoms with E-state index in [9.17, 15) is 27.6 Å². The highest BCUT2D eigenvalue weighted by atomic mass is 32.1. The van der Waals surface area contributed by atoms with Gasteiger partial charge in [-0.25, -0.2) is 18.0 Å². The first-order valence-electron chi connectivity index (χ1n) is 15.8. The zero-order chi connectivity index (χ0) is 33.1. The van der Waals surface area contributed by atoms with Crippen molar-refractivity contribution in [2.75, 3.05) is 13.1 Å². The topological polar surface area (TPSA) is 112 Å². The SMILES string of the molecule is O=C1c2c(nc(CCc3ccc(F)cc3)c(-c3noc(=O)[nH]3)c2-c2ccc(C(=O)N3CCC[C@H]3c3ccc(F)c(F)c3)s2)[C@H]2CCCN12. The first kappa shape index (κ1) is 30.3. The van der Waals surface area contributed by atoms with Crippen LogP contribution in [0.25, 0.3) is 21.8 Å². The fraction of sp³-hybridized carbons (Fsp3) is 0.286. The van der Waals surface area contributed by atoms with Crippen molar-refractivity contribution in [1.82, 2.24) is 24.9 Å². The minimum Gasteiger partial charge on any atom is -0.331 e. The molecule has 2 fully saturated rings. The Morgan fingerprint density at radius 3 is 2.46 bits per heavy atom. The molecule has 13 heteroatoms. The number of benzene rings is 2. The van der Waals surface area contributed by atoms with Crippen molar-refractivity contribution >= 4 is 23.2 Å². The average Bonchev–Trinajstić information content (AvgIpc) is 3.93. The Hall–Kier alpha value is -5.04. The largest absolute Gasteiger partial charge is 0.439 e. The smallest absolute Gasteiger partial charge is 0.331 e. The molecule has 0 aliphatic carbocycles. The summed E-state index contributed by atoms with van der Waals surface area (Å²) in [7, 11) is 0. The molecule has 0 saturated carbocycles. The number of halogens is 3. The predicted octanol–water partition coefficient (Wildman–Crippen LogP) is 6.62. The third kappa shape index (κ3) is 5.13. The summed E-state index contributed by atoms with van der Waals surface area (Å²) in [5.74, 6) is -3.35. The van der Waals surface area contributed by atoms with Gasteiger partial charge in [0.15, 0.2) is 17.5 Å². The first-order chi connectivity index (χ1) is 23.3. The number of carbonyl (C=O) groups excluding carboxylic acids is 2. The Balaban J connectivity index is 1.24. The molecule has 3 aromatic heterocycles. The number of aromatic amines is 1. The van der Waals surface area contributed by atoms with Crippen LogP contribution in [0.15, 0.2) is 63.9 Å². The number of nitrogens with zero attached hydrogens (tertiary/aromatic N) is 4. The number of thiophene rings is 1. The van der Waals surface area contributed by atoms with E-state index in [4.69, 9.17) is 9.51 Å². The lowest BCUT2D eigenvalue weighted by Gasteiger charge is -2.24. The van der Waals surface area contributed by atoms with Gasteiger partial charge < -0.3 is 9.80 Å². The molecule has 6 heterocycles. The molecule has 48 heavy (non-hydrogen) atoms. The standard InChI is InChI=1S/C35H28F3N5O4S/c36-20-9-5-18(6-10-20)7-12-23-28(32-40-35(46)47-41-32)29(30-31(39-23)25-4-2-16-43(25)34(30)45)26-13-14-27(48-26)33(44)42-15-1-3-24(42)19-8-11-21(37)22(38)17-19/h5-6,8-11,13-14,17,24-25H,1-4,7,12,15-16H2,(H,40,41,46)/t24-,25+/m0/s1. The Bertz CT molecular complexity index is 2140. The minimum absolute atomic E-state index is 0.110. The molecule has 5 aromatic rings. The Labute approximate surface area is 276 Å². The van der Waals surface area contributed by atoms with Crippen LogP contribution >= 0.6 is 11.3 Å². The van der Waals surface area contributed by atoms with Crippen LogP contribution in [0.2, 0.25) is 0 Å². The lowest BCUT2D eigenvalue weighted by Crippen LogP contribution is -2.30. The van der Waals surface area contributed by atoms with Crippen LogP contribution in [0.5, 0.6) is 0 Å². The van der Waals surface area contributed by atoms with Crippen LogP contribution in [0.1, 0.15) is 80.3 Å². The number of H-pyrrole nitrogens is 1. The van der Waals surface area contributed by atoms with Crippen LogP contribution in [0.4, 0.5) is 13.2 Å². The molecule has 3 aliphatic heterocycles. The Morgan fingerprint density at radius 2 is 1.69 bits per heavy atom. The zero-order valence-electron chi connectivity index (χ0n) is 25.5. The number of aromatic nitrogens is 3. The molecule has 0 spiro atoms. The monoisotopic (exact) mass is 671 g/mol. The number of nitrogens with one attached hydrogen (secondary N) is 1. The summed E-state index contributed by atoms with van der Waals surface area (Å²) in [4.78, 5) is 52.4. The molecular weight excluding hydrogens is 643 g/mol. The molecule has 8 rings (SSSR count). The molecule has 0 radical (unpaired) electrons. The van der Waals surface area contributed by atoms with Crippen molar-refractivity contribution < 1.29 is 27.3 Å². The summed E-state index contributed by atoms with van der Waals surface area (Å²) >= 11 is 1.20. The third-order valence-electron chi connectivity index (χ3n) is 9.49. The molecule has 9 nitrogen and oxygen atoms in total. The lowest BCUT2D eigenvalue weighted by molar-refractivity contribution is 0.0738. The number of amides is 2. The minimum atomic E-state index is -0.962. The molecule has 2 aromatic carbocycles. The van der Waals surface area contributed by atoms with Crippen molar-refractivity contribution in [3.63, 3.8) is 0 Å². The maximum atomic E-state index is 14.1. The number of hydrogen-bond acceptors (Lipinski definition) is 7. The highest BCUT2D eigenvalue weighted by molar-refractivity contribution is 7.17. The number of likely N-dealkylation sites (tertiary alicyclic amines) is 1. The maximum Gasteiger partial charge on any atom is 0.439 e. The van der Waals surface area contributed by atoms with Crippen LogP contribution < -0.4 is 5.76 Å². The molecule has 3 aliphatic rings. The summed E-state index contributed by atoms with van der Waals surface area (Å²) in [5.41, 5.74) is 3.99. The molecule has 1 N–H and O–H groups in total. The van der Waals surface area contributed by atoms with E-state index < -0.39 is 23.4 Å². The summed E-state index contributed by atoms with van der Waals surface area (Å²) in [6, 6.07) is 12.8. The molecule has 0 unspecified atom stereocenters. The first-order valence-corrected chi connectivity index (χ1v) is 16.6. The van der Waals surface area contributed by atoms with Crippen LogP contribution in [-0.4, -0.2) is 49.8 Å². The van der Waals surface area contributed by atoms with Gasteiger partial charge in [-0.1, -0.05) is 23.4 Å². The fourth-order valence-corrected chi connectivity index (χ4v) is 8.31. The molecule has 2 saturated heterocycles. The van der Waals surface area contributed by atoms with Gasteiger partial charge in [-0.15, -0.1) is 11.3 Å². The van der Waals surface area contributed by atoms with Crippen molar-refractivity contribution in [1.29, 1.82) is 0 Å².